The lowest BCUT2D eigenvalue weighted by Gasteiger charge is -2.09. The summed E-state index contributed by atoms with van der Waals surface area (Å²) in [5.74, 6) is 0.371. The van der Waals surface area contributed by atoms with Crippen molar-refractivity contribution in [2.45, 2.75) is 58.7 Å². The maximum absolute atomic E-state index is 12.5. The minimum absolute atomic E-state index is 0.0377. The molecule has 1 heterocycles. The monoisotopic (exact) mass is 373 g/mol. The maximum Gasteiger partial charge on any atom is 0.224 e. The molecule has 0 saturated heterocycles. The van der Waals surface area contributed by atoms with E-state index in [0.717, 1.165) is 30.2 Å². The maximum atomic E-state index is 12.5. The van der Waals surface area contributed by atoms with E-state index in [1.54, 1.807) is 31.2 Å². The third-order valence-corrected chi connectivity index (χ3v) is 5.28. The summed E-state index contributed by atoms with van der Waals surface area (Å²) >= 11 is 1.49. The van der Waals surface area contributed by atoms with Crippen LogP contribution in [0.2, 0.25) is 0 Å². The summed E-state index contributed by atoms with van der Waals surface area (Å²) in [5.41, 5.74) is 3.55. The Kier molecular flexibility index (Phi) is 7.45. The van der Waals surface area contributed by atoms with E-state index >= 15 is 0 Å². The van der Waals surface area contributed by atoms with Crippen LogP contribution < -0.4 is 5.32 Å². The van der Waals surface area contributed by atoms with Gasteiger partial charge in [0, 0.05) is 29.9 Å². The first-order valence-electron chi connectivity index (χ1n) is 9.05. The third kappa shape index (κ3) is 5.21. The smallest absolute Gasteiger partial charge is 0.224 e. The van der Waals surface area contributed by atoms with Gasteiger partial charge in [0.05, 0.1) is 11.4 Å². The normalized spacial score (nSPS) is 10.8. The Morgan fingerprint density at radius 3 is 2.46 bits per heavy atom. The van der Waals surface area contributed by atoms with Crippen molar-refractivity contribution in [3.8, 4) is 0 Å². The van der Waals surface area contributed by atoms with Crippen molar-refractivity contribution >= 4 is 29.1 Å². The third-order valence-electron chi connectivity index (χ3n) is 4.30. The van der Waals surface area contributed by atoms with Crippen LogP contribution in [-0.2, 0) is 11.3 Å². The molecule has 2 aromatic rings. The van der Waals surface area contributed by atoms with Crippen molar-refractivity contribution < 1.29 is 9.59 Å². The van der Waals surface area contributed by atoms with Crippen LogP contribution in [0.3, 0.4) is 0 Å². The minimum atomic E-state index is -0.0377. The van der Waals surface area contributed by atoms with Gasteiger partial charge in [-0.1, -0.05) is 32.0 Å². The number of nitrogens with zero attached hydrogens (tertiary/aromatic N) is 2. The highest BCUT2D eigenvalue weighted by Crippen LogP contribution is 2.23. The molecule has 0 unspecified atom stereocenters. The lowest BCUT2D eigenvalue weighted by atomic mass is 10.1. The molecule has 0 radical (unpaired) electrons. The van der Waals surface area contributed by atoms with Crippen molar-refractivity contribution in [1.29, 1.82) is 0 Å². The number of aromatic nitrogens is 2. The molecule has 140 valence electrons. The van der Waals surface area contributed by atoms with Gasteiger partial charge >= 0.3 is 0 Å². The molecule has 0 spiro atoms. The number of hydrogen-bond acceptors (Lipinski definition) is 4. The van der Waals surface area contributed by atoms with E-state index in [4.69, 9.17) is 0 Å². The average Bonchev–Trinajstić information content (AvgIpc) is 2.92. The Morgan fingerprint density at radius 2 is 1.85 bits per heavy atom. The van der Waals surface area contributed by atoms with Crippen LogP contribution >= 0.6 is 11.8 Å². The van der Waals surface area contributed by atoms with Gasteiger partial charge in [-0.3, -0.25) is 9.59 Å². The summed E-state index contributed by atoms with van der Waals surface area (Å²) in [5, 5.41) is 3.69. The fourth-order valence-corrected chi connectivity index (χ4v) is 3.53. The molecule has 0 bridgehead atoms. The Bertz CT molecular complexity index is 766. The quantitative estimate of drug-likeness (QED) is 0.514. The van der Waals surface area contributed by atoms with Gasteiger partial charge in [0.15, 0.2) is 10.9 Å². The number of carbonyl (C=O) groups excluding carboxylic acids is 2. The number of Topliss-reactive ketones (excluding diaryl/α,β-unsaturated/α-hetero) is 1. The van der Waals surface area contributed by atoms with Crippen molar-refractivity contribution in [3.63, 3.8) is 0 Å². The van der Waals surface area contributed by atoms with Crippen molar-refractivity contribution in [1.82, 2.24) is 9.55 Å². The Balaban J connectivity index is 2.00. The van der Waals surface area contributed by atoms with Crippen LogP contribution in [0.1, 0.15) is 54.9 Å². The van der Waals surface area contributed by atoms with E-state index in [9.17, 15) is 9.59 Å². The van der Waals surface area contributed by atoms with Crippen molar-refractivity contribution in [2.75, 3.05) is 11.1 Å². The number of unbranched alkanes of at least 4 members (excludes halogenated alkanes) is 1. The summed E-state index contributed by atoms with van der Waals surface area (Å²) in [6.07, 6.45) is 2.66. The molecule has 0 aliphatic heterocycles. The zero-order valence-electron chi connectivity index (χ0n) is 16.0. The number of thioether (sulfide) groups is 1. The fourth-order valence-electron chi connectivity index (χ4n) is 2.52. The molecule has 1 aromatic carbocycles. The van der Waals surface area contributed by atoms with Gasteiger partial charge in [0.25, 0.3) is 0 Å². The van der Waals surface area contributed by atoms with Crippen molar-refractivity contribution in [2.24, 2.45) is 0 Å². The second-order valence-electron chi connectivity index (χ2n) is 6.26. The number of rotatable bonds is 9. The van der Waals surface area contributed by atoms with Crippen LogP contribution in [-0.4, -0.2) is 27.0 Å². The standard InChI is InChI=1S/C20H27N3O2S/c1-5-7-12-23-15(4)14(3)21-20(23)26-13-18(24)16-8-10-17(11-9-16)22-19(25)6-2/h8-11H,5-7,12-13H2,1-4H3,(H,22,25). The lowest BCUT2D eigenvalue weighted by Crippen LogP contribution is -2.10. The molecule has 0 atom stereocenters. The number of carbonyl (C=O) groups is 2. The van der Waals surface area contributed by atoms with Crippen LogP contribution in [0.25, 0.3) is 0 Å². The van der Waals surface area contributed by atoms with Crippen LogP contribution in [0.5, 0.6) is 0 Å². The molecule has 1 N–H and O–H groups in total. The molecule has 0 fully saturated rings. The van der Waals surface area contributed by atoms with E-state index in [2.05, 4.69) is 28.7 Å². The highest BCUT2D eigenvalue weighted by atomic mass is 32.2. The summed E-state index contributed by atoms with van der Waals surface area (Å²) in [6, 6.07) is 7.05. The molecule has 26 heavy (non-hydrogen) atoms. The number of anilines is 1. The second kappa shape index (κ2) is 9.57. The fraction of sp³-hybridized carbons (Fsp3) is 0.450. The summed E-state index contributed by atoms with van der Waals surface area (Å²) < 4.78 is 2.21. The first-order valence-corrected chi connectivity index (χ1v) is 10.0. The van der Waals surface area contributed by atoms with Gasteiger partial charge in [-0.15, -0.1) is 0 Å². The Labute approximate surface area is 159 Å². The van der Waals surface area contributed by atoms with Crippen LogP contribution in [0, 0.1) is 13.8 Å². The number of imidazole rings is 1. The van der Waals surface area contributed by atoms with E-state index in [0.29, 0.717) is 23.4 Å². The summed E-state index contributed by atoms with van der Waals surface area (Å²) in [4.78, 5) is 28.5. The first-order chi connectivity index (χ1) is 12.5. The van der Waals surface area contributed by atoms with Gasteiger partial charge in [0.2, 0.25) is 5.91 Å². The molecular formula is C20H27N3O2S. The van der Waals surface area contributed by atoms with Gasteiger partial charge in [0.1, 0.15) is 0 Å². The van der Waals surface area contributed by atoms with E-state index < -0.39 is 0 Å². The number of amides is 1. The molecule has 5 nitrogen and oxygen atoms in total. The molecule has 0 saturated carbocycles. The van der Waals surface area contributed by atoms with Gasteiger partial charge in [-0.05, 0) is 44.5 Å². The number of nitrogens with one attached hydrogen (secondary N) is 1. The van der Waals surface area contributed by atoms with E-state index in [-0.39, 0.29) is 11.7 Å². The number of benzene rings is 1. The van der Waals surface area contributed by atoms with E-state index in [1.165, 1.54) is 17.5 Å². The molecule has 6 heteroatoms. The SMILES string of the molecule is CCCCn1c(SCC(=O)c2ccc(NC(=O)CC)cc2)nc(C)c1C. The van der Waals surface area contributed by atoms with Crippen LogP contribution in [0.4, 0.5) is 5.69 Å². The predicted octanol–water partition coefficient (Wildman–Crippen LogP) is 4.62. The van der Waals surface area contributed by atoms with Crippen LogP contribution in [0.15, 0.2) is 29.4 Å². The lowest BCUT2D eigenvalue weighted by molar-refractivity contribution is -0.115. The number of aryl methyl sites for hydroxylation is 1. The summed E-state index contributed by atoms with van der Waals surface area (Å²) in [6.45, 7) is 8.99. The molecule has 1 aromatic heterocycles. The van der Waals surface area contributed by atoms with Crippen molar-refractivity contribution in [3.05, 3.63) is 41.2 Å². The molecule has 2 rings (SSSR count). The average molecular weight is 374 g/mol. The number of hydrogen-bond donors (Lipinski definition) is 1. The Morgan fingerprint density at radius 1 is 1.15 bits per heavy atom. The molecule has 0 aliphatic carbocycles. The number of ketones is 1. The van der Waals surface area contributed by atoms with Gasteiger partial charge < -0.3 is 9.88 Å². The highest BCUT2D eigenvalue weighted by molar-refractivity contribution is 7.99. The Hall–Kier alpha value is -2.08. The minimum Gasteiger partial charge on any atom is -0.326 e. The summed E-state index contributed by atoms with van der Waals surface area (Å²) in [7, 11) is 0. The second-order valence-corrected chi connectivity index (χ2v) is 7.20. The largest absolute Gasteiger partial charge is 0.326 e. The van der Waals surface area contributed by atoms with E-state index in [1.807, 2.05) is 6.92 Å². The van der Waals surface area contributed by atoms with Gasteiger partial charge in [-0.2, -0.15) is 0 Å². The molecule has 1 amide bonds. The molecular weight excluding hydrogens is 346 g/mol. The zero-order valence-corrected chi connectivity index (χ0v) is 16.8. The predicted molar refractivity (Wildman–Crippen MR) is 107 cm³/mol. The topological polar surface area (TPSA) is 64.0 Å². The highest BCUT2D eigenvalue weighted by Gasteiger charge is 2.14. The molecule has 0 aliphatic rings. The van der Waals surface area contributed by atoms with Gasteiger partial charge in [-0.25, -0.2) is 4.98 Å². The first kappa shape index (κ1) is 20.2. The zero-order chi connectivity index (χ0) is 19.1.